The molecule has 24 heavy (non-hydrogen) atoms. The lowest BCUT2D eigenvalue weighted by Crippen LogP contribution is -2.20. The van der Waals surface area contributed by atoms with Crippen molar-refractivity contribution in [1.29, 1.82) is 0 Å². The summed E-state index contributed by atoms with van der Waals surface area (Å²) in [7, 11) is 1.48. The van der Waals surface area contributed by atoms with Gasteiger partial charge < -0.3 is 20.1 Å². The number of carbonyl (C=O) groups is 2. The van der Waals surface area contributed by atoms with Crippen molar-refractivity contribution in [2.75, 3.05) is 24.4 Å². The van der Waals surface area contributed by atoms with Crippen LogP contribution in [0.2, 0.25) is 0 Å². The molecule has 0 unspecified atom stereocenters. The Bertz CT molecular complexity index is 732. The molecule has 126 valence electrons. The Kier molecular flexibility index (Phi) is 5.73. The molecule has 2 aromatic carbocycles. The number of carbonyl (C=O) groups excluding carboxylic acids is 2. The average molecular weight is 332 g/mol. The first kappa shape index (κ1) is 17.3. The molecule has 2 N–H and O–H groups in total. The molecule has 2 rings (SSSR count). The number of hydrogen-bond acceptors (Lipinski definition) is 4. The highest BCUT2D eigenvalue weighted by Crippen LogP contribution is 2.27. The van der Waals surface area contributed by atoms with Gasteiger partial charge in [-0.2, -0.15) is 0 Å². The maximum atomic E-state index is 12.8. The molecule has 0 aliphatic heterocycles. The number of rotatable bonds is 6. The molecule has 2 aromatic rings. The molecular formula is C17H17FN2O4. The first-order chi connectivity index (χ1) is 11.5. The van der Waals surface area contributed by atoms with Gasteiger partial charge >= 0.3 is 0 Å². The molecule has 0 fully saturated rings. The minimum Gasteiger partial charge on any atom is -0.495 e. The lowest BCUT2D eigenvalue weighted by Gasteiger charge is -2.12. The Morgan fingerprint density at radius 3 is 2.42 bits per heavy atom. The van der Waals surface area contributed by atoms with Crippen molar-refractivity contribution < 1.29 is 23.5 Å². The van der Waals surface area contributed by atoms with Crippen molar-refractivity contribution in [3.8, 4) is 11.5 Å². The van der Waals surface area contributed by atoms with Crippen LogP contribution >= 0.6 is 0 Å². The van der Waals surface area contributed by atoms with Crippen molar-refractivity contribution in [2.45, 2.75) is 6.92 Å². The van der Waals surface area contributed by atoms with Crippen LogP contribution in [0.1, 0.15) is 6.92 Å². The van der Waals surface area contributed by atoms with Crippen molar-refractivity contribution in [2.24, 2.45) is 0 Å². The summed E-state index contributed by atoms with van der Waals surface area (Å²) >= 11 is 0. The van der Waals surface area contributed by atoms with Crippen LogP contribution in [-0.4, -0.2) is 25.5 Å². The topological polar surface area (TPSA) is 76.7 Å². The third kappa shape index (κ3) is 4.98. The first-order valence-electron chi connectivity index (χ1n) is 7.12. The minimum atomic E-state index is -0.390. The highest BCUT2D eigenvalue weighted by atomic mass is 19.1. The molecule has 0 radical (unpaired) electrons. The maximum absolute atomic E-state index is 12.8. The van der Waals surface area contributed by atoms with E-state index in [0.29, 0.717) is 22.9 Å². The number of anilines is 2. The van der Waals surface area contributed by atoms with Gasteiger partial charge in [-0.3, -0.25) is 9.59 Å². The van der Waals surface area contributed by atoms with Crippen LogP contribution in [0.25, 0.3) is 0 Å². The van der Waals surface area contributed by atoms with E-state index in [1.807, 2.05) is 0 Å². The molecule has 0 spiro atoms. The van der Waals surface area contributed by atoms with Crippen molar-refractivity contribution in [1.82, 2.24) is 0 Å². The SMILES string of the molecule is COc1ccc(NC(=O)COc2ccc(F)cc2)cc1NC(C)=O. The van der Waals surface area contributed by atoms with Gasteiger partial charge in [-0.05, 0) is 42.5 Å². The molecular weight excluding hydrogens is 315 g/mol. The van der Waals surface area contributed by atoms with Crippen LogP contribution in [0.3, 0.4) is 0 Å². The lowest BCUT2D eigenvalue weighted by molar-refractivity contribution is -0.118. The number of nitrogens with one attached hydrogen (secondary N) is 2. The number of ether oxygens (including phenoxy) is 2. The molecule has 0 aliphatic carbocycles. The lowest BCUT2D eigenvalue weighted by atomic mass is 10.2. The van der Waals surface area contributed by atoms with E-state index >= 15 is 0 Å². The molecule has 0 aliphatic rings. The fraction of sp³-hybridized carbons (Fsp3) is 0.176. The van der Waals surface area contributed by atoms with Gasteiger partial charge in [0.1, 0.15) is 17.3 Å². The van der Waals surface area contributed by atoms with Gasteiger partial charge in [-0.15, -0.1) is 0 Å². The van der Waals surface area contributed by atoms with Crippen LogP contribution in [-0.2, 0) is 9.59 Å². The zero-order valence-electron chi connectivity index (χ0n) is 13.3. The van der Waals surface area contributed by atoms with Crippen molar-refractivity contribution in [3.63, 3.8) is 0 Å². The van der Waals surface area contributed by atoms with Crippen LogP contribution < -0.4 is 20.1 Å². The first-order valence-corrected chi connectivity index (χ1v) is 7.12. The number of amides is 2. The van der Waals surface area contributed by atoms with Crippen LogP contribution in [0.5, 0.6) is 11.5 Å². The summed E-state index contributed by atoms with van der Waals surface area (Å²) in [6, 6.07) is 10.2. The quantitative estimate of drug-likeness (QED) is 0.853. The highest BCUT2D eigenvalue weighted by molar-refractivity contribution is 5.95. The molecule has 2 amide bonds. The smallest absolute Gasteiger partial charge is 0.262 e. The fourth-order valence-corrected chi connectivity index (χ4v) is 1.95. The molecule has 0 atom stereocenters. The van der Waals surface area contributed by atoms with E-state index in [0.717, 1.165) is 0 Å². The predicted octanol–water partition coefficient (Wildman–Crippen LogP) is 2.81. The van der Waals surface area contributed by atoms with Gasteiger partial charge in [-0.25, -0.2) is 4.39 Å². The van der Waals surface area contributed by atoms with Crippen LogP contribution in [0.15, 0.2) is 42.5 Å². The number of methoxy groups -OCH3 is 1. The third-order valence-corrected chi connectivity index (χ3v) is 2.98. The number of halogens is 1. The van der Waals surface area contributed by atoms with E-state index in [1.165, 1.54) is 38.3 Å². The summed E-state index contributed by atoms with van der Waals surface area (Å²) in [6.45, 7) is 1.15. The fourth-order valence-electron chi connectivity index (χ4n) is 1.95. The summed E-state index contributed by atoms with van der Waals surface area (Å²) in [5, 5.41) is 5.26. The second kappa shape index (κ2) is 7.96. The van der Waals surface area contributed by atoms with E-state index < -0.39 is 5.91 Å². The Labute approximate surface area is 138 Å². The van der Waals surface area contributed by atoms with E-state index in [1.54, 1.807) is 18.2 Å². The van der Waals surface area contributed by atoms with Crippen molar-refractivity contribution >= 4 is 23.2 Å². The molecule has 0 heterocycles. The van der Waals surface area contributed by atoms with Crippen molar-refractivity contribution in [3.05, 3.63) is 48.3 Å². The third-order valence-electron chi connectivity index (χ3n) is 2.98. The minimum absolute atomic E-state index is 0.229. The van der Waals surface area contributed by atoms with E-state index in [4.69, 9.17) is 9.47 Å². The largest absolute Gasteiger partial charge is 0.495 e. The molecule has 0 saturated heterocycles. The van der Waals surface area contributed by atoms with E-state index in [-0.39, 0.29) is 18.3 Å². The molecule has 7 heteroatoms. The Balaban J connectivity index is 1.97. The van der Waals surface area contributed by atoms with Gasteiger partial charge in [0.25, 0.3) is 5.91 Å². The average Bonchev–Trinajstić information content (AvgIpc) is 2.54. The second-order valence-electron chi connectivity index (χ2n) is 4.89. The molecule has 0 bridgehead atoms. The van der Waals surface area contributed by atoms with E-state index in [9.17, 15) is 14.0 Å². The maximum Gasteiger partial charge on any atom is 0.262 e. The van der Waals surface area contributed by atoms with Gasteiger partial charge in [-0.1, -0.05) is 0 Å². The Hall–Kier alpha value is -3.09. The standard InChI is InChI=1S/C17H17FN2O4/c1-11(21)19-15-9-13(5-8-16(15)23-2)20-17(22)10-24-14-6-3-12(18)4-7-14/h3-9H,10H2,1-2H3,(H,19,21)(H,20,22). The van der Waals surface area contributed by atoms with Gasteiger partial charge in [0, 0.05) is 12.6 Å². The predicted molar refractivity (Wildman–Crippen MR) is 87.8 cm³/mol. The van der Waals surface area contributed by atoms with Gasteiger partial charge in [0.05, 0.1) is 12.8 Å². The zero-order chi connectivity index (χ0) is 17.5. The number of hydrogen-bond donors (Lipinski definition) is 2. The van der Waals surface area contributed by atoms with Crippen LogP contribution in [0, 0.1) is 5.82 Å². The van der Waals surface area contributed by atoms with Crippen LogP contribution in [0.4, 0.5) is 15.8 Å². The summed E-state index contributed by atoms with van der Waals surface area (Å²) in [4.78, 5) is 23.1. The molecule has 0 aromatic heterocycles. The second-order valence-corrected chi connectivity index (χ2v) is 4.89. The monoisotopic (exact) mass is 332 g/mol. The summed E-state index contributed by atoms with van der Waals surface area (Å²) in [5.41, 5.74) is 0.925. The van der Waals surface area contributed by atoms with Gasteiger partial charge in [0.2, 0.25) is 5.91 Å². The number of benzene rings is 2. The zero-order valence-corrected chi connectivity index (χ0v) is 13.3. The normalized spacial score (nSPS) is 9.96. The highest BCUT2D eigenvalue weighted by Gasteiger charge is 2.09. The van der Waals surface area contributed by atoms with Gasteiger partial charge in [0.15, 0.2) is 6.61 Å². The molecule has 6 nitrogen and oxygen atoms in total. The summed E-state index contributed by atoms with van der Waals surface area (Å²) < 4.78 is 23.2. The summed E-state index contributed by atoms with van der Waals surface area (Å²) in [6.07, 6.45) is 0. The molecule has 0 saturated carbocycles. The summed E-state index contributed by atoms with van der Waals surface area (Å²) in [5.74, 6) is -0.156. The Morgan fingerprint density at radius 1 is 1.08 bits per heavy atom. The Morgan fingerprint density at radius 2 is 1.79 bits per heavy atom. The van der Waals surface area contributed by atoms with E-state index in [2.05, 4.69) is 10.6 Å².